The summed E-state index contributed by atoms with van der Waals surface area (Å²) in [4.78, 5) is 23.8. The summed E-state index contributed by atoms with van der Waals surface area (Å²) in [5, 5.41) is 20.4. The van der Waals surface area contributed by atoms with Crippen LogP contribution in [0.2, 0.25) is 0 Å². The molecular formula is C11H16N2O5S. The molecule has 0 radical (unpaired) electrons. The SMILES string of the molecule is COCCN(CCO)c1sc(C(C)=O)cc1[N+](=O)[O-]. The maximum Gasteiger partial charge on any atom is 0.304 e. The summed E-state index contributed by atoms with van der Waals surface area (Å²) in [5.74, 6) is -0.213. The zero-order valence-corrected chi connectivity index (χ0v) is 11.6. The third kappa shape index (κ3) is 3.98. The molecule has 1 aromatic heterocycles. The lowest BCUT2D eigenvalue weighted by molar-refractivity contribution is -0.383. The average Bonchev–Trinajstić information content (AvgIpc) is 2.79. The van der Waals surface area contributed by atoms with Crippen LogP contribution in [0.4, 0.5) is 10.7 Å². The van der Waals surface area contributed by atoms with Crippen LogP contribution in [-0.4, -0.2) is 49.2 Å². The number of hydrogen-bond acceptors (Lipinski definition) is 7. The van der Waals surface area contributed by atoms with Crippen molar-refractivity contribution in [2.75, 3.05) is 38.3 Å². The Balaban J connectivity index is 3.11. The number of nitrogens with zero attached hydrogens (tertiary/aromatic N) is 2. The largest absolute Gasteiger partial charge is 0.395 e. The number of rotatable bonds is 8. The molecule has 0 fully saturated rings. The molecule has 0 amide bonds. The molecule has 0 saturated heterocycles. The molecule has 106 valence electrons. The van der Waals surface area contributed by atoms with E-state index in [1.165, 1.54) is 20.1 Å². The topological polar surface area (TPSA) is 92.9 Å². The van der Waals surface area contributed by atoms with Crippen molar-refractivity contribution in [1.82, 2.24) is 0 Å². The van der Waals surface area contributed by atoms with Crippen LogP contribution >= 0.6 is 11.3 Å². The molecule has 0 atom stereocenters. The van der Waals surface area contributed by atoms with Crippen molar-refractivity contribution in [2.45, 2.75) is 6.92 Å². The second-order valence-electron chi connectivity index (χ2n) is 3.82. The number of carbonyl (C=O) groups excluding carboxylic acids is 1. The Morgan fingerprint density at radius 1 is 1.58 bits per heavy atom. The average molecular weight is 288 g/mol. The molecule has 8 heteroatoms. The number of methoxy groups -OCH3 is 1. The maximum absolute atomic E-state index is 11.3. The van der Waals surface area contributed by atoms with Crippen molar-refractivity contribution >= 4 is 27.8 Å². The Bertz CT molecular complexity index is 460. The molecule has 1 aromatic rings. The molecule has 0 bridgehead atoms. The van der Waals surface area contributed by atoms with E-state index >= 15 is 0 Å². The first-order chi connectivity index (χ1) is 9.01. The molecule has 0 aliphatic rings. The fourth-order valence-electron chi connectivity index (χ4n) is 1.54. The van der Waals surface area contributed by atoms with Gasteiger partial charge in [-0.05, 0) is 6.92 Å². The number of hydrogen-bond donors (Lipinski definition) is 1. The lowest BCUT2D eigenvalue weighted by Gasteiger charge is -2.20. The van der Waals surface area contributed by atoms with Crippen molar-refractivity contribution in [3.63, 3.8) is 0 Å². The molecular weight excluding hydrogens is 272 g/mol. The third-order valence-electron chi connectivity index (χ3n) is 2.46. The van der Waals surface area contributed by atoms with Crippen LogP contribution in [0.25, 0.3) is 0 Å². The second kappa shape index (κ2) is 7.17. The highest BCUT2D eigenvalue weighted by atomic mass is 32.1. The minimum absolute atomic E-state index is 0.111. The van der Waals surface area contributed by atoms with Crippen LogP contribution < -0.4 is 4.90 Å². The van der Waals surface area contributed by atoms with Gasteiger partial charge in [-0.3, -0.25) is 14.9 Å². The Labute approximate surface area is 114 Å². The number of aliphatic hydroxyl groups is 1. The maximum atomic E-state index is 11.3. The Morgan fingerprint density at radius 2 is 2.26 bits per heavy atom. The molecule has 19 heavy (non-hydrogen) atoms. The minimum Gasteiger partial charge on any atom is -0.395 e. The molecule has 7 nitrogen and oxygen atoms in total. The Morgan fingerprint density at radius 3 is 2.74 bits per heavy atom. The summed E-state index contributed by atoms with van der Waals surface area (Å²) in [7, 11) is 1.53. The van der Waals surface area contributed by atoms with Crippen molar-refractivity contribution in [1.29, 1.82) is 0 Å². The highest BCUT2D eigenvalue weighted by Crippen LogP contribution is 2.37. The predicted octanol–water partition coefficient (Wildman–Crippen LogP) is 1.30. The highest BCUT2D eigenvalue weighted by Gasteiger charge is 2.25. The van der Waals surface area contributed by atoms with Crippen molar-refractivity contribution in [2.24, 2.45) is 0 Å². The number of ketones is 1. The Hall–Kier alpha value is -1.51. The van der Waals surface area contributed by atoms with E-state index in [9.17, 15) is 14.9 Å². The molecule has 0 unspecified atom stereocenters. The van der Waals surface area contributed by atoms with Gasteiger partial charge < -0.3 is 14.7 Å². The van der Waals surface area contributed by atoms with E-state index < -0.39 is 4.92 Å². The van der Waals surface area contributed by atoms with Gasteiger partial charge in [0.2, 0.25) is 0 Å². The second-order valence-corrected chi connectivity index (χ2v) is 4.85. The van der Waals surface area contributed by atoms with Crippen LogP contribution in [0.1, 0.15) is 16.6 Å². The molecule has 1 heterocycles. The lowest BCUT2D eigenvalue weighted by Crippen LogP contribution is -2.29. The van der Waals surface area contributed by atoms with E-state index in [-0.39, 0.29) is 24.6 Å². The summed E-state index contributed by atoms with van der Waals surface area (Å²) in [6, 6.07) is 1.28. The number of carbonyl (C=O) groups is 1. The number of Topliss-reactive ketones (excluding diaryl/α,β-unsaturated/α-hetero) is 1. The summed E-state index contributed by atoms with van der Waals surface area (Å²) in [5.41, 5.74) is -0.111. The number of nitro groups is 1. The van der Waals surface area contributed by atoms with Crippen LogP contribution in [0.15, 0.2) is 6.07 Å². The van der Waals surface area contributed by atoms with Crippen LogP contribution in [0, 0.1) is 10.1 Å². The number of anilines is 1. The first-order valence-corrected chi connectivity index (χ1v) is 6.46. The quantitative estimate of drug-likeness (QED) is 0.440. The Kier molecular flexibility index (Phi) is 5.87. The van der Waals surface area contributed by atoms with Gasteiger partial charge in [-0.15, -0.1) is 11.3 Å². The molecule has 1 N–H and O–H groups in total. The fraction of sp³-hybridized carbons (Fsp3) is 0.545. The van der Waals surface area contributed by atoms with Gasteiger partial charge in [-0.2, -0.15) is 0 Å². The zero-order valence-electron chi connectivity index (χ0n) is 10.8. The van der Waals surface area contributed by atoms with Gasteiger partial charge in [-0.25, -0.2) is 0 Å². The van der Waals surface area contributed by atoms with E-state index in [1.54, 1.807) is 4.90 Å². The van der Waals surface area contributed by atoms with Crippen molar-refractivity contribution in [3.8, 4) is 0 Å². The lowest BCUT2D eigenvalue weighted by atomic mass is 10.3. The van der Waals surface area contributed by atoms with Gasteiger partial charge in [0.25, 0.3) is 0 Å². The standard InChI is InChI=1S/C11H16N2O5S/c1-8(15)10-7-9(13(16)17)11(19-10)12(3-5-14)4-6-18-2/h7,14H,3-6H2,1-2H3. The predicted molar refractivity (Wildman–Crippen MR) is 72.2 cm³/mol. The van der Waals surface area contributed by atoms with E-state index in [0.29, 0.717) is 23.0 Å². The van der Waals surface area contributed by atoms with Crippen LogP contribution in [0.5, 0.6) is 0 Å². The van der Waals surface area contributed by atoms with Gasteiger partial charge in [-0.1, -0.05) is 0 Å². The zero-order chi connectivity index (χ0) is 14.4. The van der Waals surface area contributed by atoms with E-state index in [0.717, 1.165) is 11.3 Å². The van der Waals surface area contributed by atoms with E-state index in [1.807, 2.05) is 0 Å². The minimum atomic E-state index is -0.518. The van der Waals surface area contributed by atoms with Crippen LogP contribution in [-0.2, 0) is 4.74 Å². The first kappa shape index (κ1) is 15.5. The molecule has 0 spiro atoms. The van der Waals surface area contributed by atoms with E-state index in [2.05, 4.69) is 0 Å². The monoisotopic (exact) mass is 288 g/mol. The van der Waals surface area contributed by atoms with E-state index in [4.69, 9.17) is 9.84 Å². The molecule has 0 aliphatic heterocycles. The third-order valence-corrected chi connectivity index (χ3v) is 3.75. The number of ether oxygens (including phenoxy) is 1. The van der Waals surface area contributed by atoms with Crippen molar-refractivity contribution in [3.05, 3.63) is 21.1 Å². The molecule has 1 rings (SSSR count). The van der Waals surface area contributed by atoms with Gasteiger partial charge in [0.05, 0.1) is 23.0 Å². The number of aliphatic hydroxyl groups excluding tert-OH is 1. The van der Waals surface area contributed by atoms with Crippen LogP contribution in [0.3, 0.4) is 0 Å². The fourth-order valence-corrected chi connectivity index (χ4v) is 2.61. The van der Waals surface area contributed by atoms with Gasteiger partial charge >= 0.3 is 5.69 Å². The highest BCUT2D eigenvalue weighted by molar-refractivity contribution is 7.18. The van der Waals surface area contributed by atoms with Crippen molar-refractivity contribution < 1.29 is 19.6 Å². The molecule has 0 saturated carbocycles. The summed E-state index contributed by atoms with van der Waals surface area (Å²) in [6.07, 6.45) is 0. The molecule has 0 aliphatic carbocycles. The van der Waals surface area contributed by atoms with Gasteiger partial charge in [0.15, 0.2) is 10.8 Å². The smallest absolute Gasteiger partial charge is 0.304 e. The van der Waals surface area contributed by atoms with Gasteiger partial charge in [0.1, 0.15) is 0 Å². The summed E-state index contributed by atoms with van der Waals surface area (Å²) < 4.78 is 4.94. The number of thiophene rings is 1. The normalized spacial score (nSPS) is 10.5. The molecule has 0 aromatic carbocycles. The summed E-state index contributed by atoms with van der Waals surface area (Å²) in [6.45, 7) is 2.28. The summed E-state index contributed by atoms with van der Waals surface area (Å²) >= 11 is 1.06. The first-order valence-electron chi connectivity index (χ1n) is 5.65. The van der Waals surface area contributed by atoms with Gasteiger partial charge in [0, 0.05) is 26.3 Å².